The molecule has 0 heterocycles. The second kappa shape index (κ2) is 4.69. The molecule has 0 unspecified atom stereocenters. The Hall–Kier alpha value is -1.98. The zero-order chi connectivity index (χ0) is 12.3. The molecule has 0 amide bonds. The molecule has 5 nitrogen and oxygen atoms in total. The smallest absolute Gasteiger partial charge is 0.314 e. The SMILES string of the molecule is CCOc1c([N+](=O)[O-])ccc(C(C)=O)c1F. The van der Waals surface area contributed by atoms with E-state index in [4.69, 9.17) is 4.74 Å². The van der Waals surface area contributed by atoms with Crippen LogP contribution in [0.1, 0.15) is 24.2 Å². The fourth-order valence-corrected chi connectivity index (χ4v) is 1.24. The van der Waals surface area contributed by atoms with Gasteiger partial charge in [0, 0.05) is 6.07 Å². The van der Waals surface area contributed by atoms with Crippen LogP contribution in [-0.4, -0.2) is 17.3 Å². The van der Waals surface area contributed by atoms with Gasteiger partial charge in [-0.25, -0.2) is 4.39 Å². The number of hydrogen-bond donors (Lipinski definition) is 0. The molecule has 0 bridgehead atoms. The molecule has 0 saturated carbocycles. The highest BCUT2D eigenvalue weighted by molar-refractivity contribution is 5.95. The molecular formula is C10H10FNO4. The van der Waals surface area contributed by atoms with Crippen LogP contribution < -0.4 is 4.74 Å². The summed E-state index contributed by atoms with van der Waals surface area (Å²) >= 11 is 0. The van der Waals surface area contributed by atoms with Gasteiger partial charge in [-0.05, 0) is 19.9 Å². The summed E-state index contributed by atoms with van der Waals surface area (Å²) in [6, 6.07) is 2.14. The molecule has 16 heavy (non-hydrogen) atoms. The number of ketones is 1. The van der Waals surface area contributed by atoms with Crippen LogP contribution in [0.4, 0.5) is 10.1 Å². The van der Waals surface area contributed by atoms with Gasteiger partial charge in [0.15, 0.2) is 11.6 Å². The number of ether oxygens (including phenoxy) is 1. The van der Waals surface area contributed by atoms with Gasteiger partial charge in [0.05, 0.1) is 17.1 Å². The van der Waals surface area contributed by atoms with Gasteiger partial charge in [-0.2, -0.15) is 0 Å². The highest BCUT2D eigenvalue weighted by Crippen LogP contribution is 2.32. The quantitative estimate of drug-likeness (QED) is 0.449. The van der Waals surface area contributed by atoms with E-state index in [-0.39, 0.29) is 12.2 Å². The van der Waals surface area contributed by atoms with Gasteiger partial charge < -0.3 is 4.74 Å². The first-order valence-electron chi connectivity index (χ1n) is 4.59. The molecule has 0 N–H and O–H groups in total. The molecule has 0 aromatic heterocycles. The normalized spacial score (nSPS) is 9.94. The summed E-state index contributed by atoms with van der Waals surface area (Å²) < 4.78 is 18.5. The van der Waals surface area contributed by atoms with Gasteiger partial charge in [-0.15, -0.1) is 0 Å². The summed E-state index contributed by atoms with van der Waals surface area (Å²) in [5.74, 6) is -1.97. The average molecular weight is 227 g/mol. The predicted octanol–water partition coefficient (Wildman–Crippen LogP) is 2.34. The minimum absolute atomic E-state index is 0.0825. The van der Waals surface area contributed by atoms with Crippen molar-refractivity contribution in [2.24, 2.45) is 0 Å². The van der Waals surface area contributed by atoms with E-state index in [9.17, 15) is 19.3 Å². The lowest BCUT2D eigenvalue weighted by molar-refractivity contribution is -0.386. The van der Waals surface area contributed by atoms with Crippen molar-refractivity contribution in [3.05, 3.63) is 33.6 Å². The highest BCUT2D eigenvalue weighted by Gasteiger charge is 2.23. The summed E-state index contributed by atoms with van der Waals surface area (Å²) in [6.45, 7) is 2.84. The molecule has 0 fully saturated rings. The first kappa shape index (κ1) is 12.1. The Morgan fingerprint density at radius 1 is 1.56 bits per heavy atom. The van der Waals surface area contributed by atoms with Crippen molar-refractivity contribution < 1.29 is 18.8 Å². The highest BCUT2D eigenvalue weighted by atomic mass is 19.1. The maximum Gasteiger partial charge on any atom is 0.314 e. The van der Waals surface area contributed by atoms with Crippen LogP contribution in [0, 0.1) is 15.9 Å². The van der Waals surface area contributed by atoms with Gasteiger partial charge in [0.25, 0.3) is 0 Å². The Balaban J connectivity index is 3.41. The van der Waals surface area contributed by atoms with Crippen LogP contribution in [0.25, 0.3) is 0 Å². The van der Waals surface area contributed by atoms with Crippen molar-refractivity contribution >= 4 is 11.5 Å². The summed E-state index contributed by atoms with van der Waals surface area (Å²) in [4.78, 5) is 20.9. The predicted molar refractivity (Wildman–Crippen MR) is 54.2 cm³/mol. The van der Waals surface area contributed by atoms with Gasteiger partial charge >= 0.3 is 5.69 Å². The molecule has 1 rings (SSSR count). The van der Waals surface area contributed by atoms with E-state index < -0.39 is 28.0 Å². The van der Waals surface area contributed by atoms with Crippen LogP contribution in [0.2, 0.25) is 0 Å². The second-order valence-corrected chi connectivity index (χ2v) is 3.02. The topological polar surface area (TPSA) is 69.4 Å². The number of nitro groups is 1. The largest absolute Gasteiger partial charge is 0.485 e. The zero-order valence-electron chi connectivity index (χ0n) is 8.82. The molecule has 1 aromatic carbocycles. The lowest BCUT2D eigenvalue weighted by Crippen LogP contribution is -2.05. The molecule has 0 aliphatic carbocycles. The Labute approximate surface area is 91.0 Å². The summed E-state index contributed by atoms with van der Waals surface area (Å²) in [7, 11) is 0. The number of hydrogen-bond acceptors (Lipinski definition) is 4. The number of carbonyl (C=O) groups is 1. The third-order valence-corrected chi connectivity index (χ3v) is 1.94. The zero-order valence-corrected chi connectivity index (χ0v) is 8.82. The lowest BCUT2D eigenvalue weighted by Gasteiger charge is -2.07. The van der Waals surface area contributed by atoms with E-state index in [2.05, 4.69) is 0 Å². The Morgan fingerprint density at radius 3 is 2.62 bits per heavy atom. The van der Waals surface area contributed by atoms with Gasteiger partial charge in [-0.3, -0.25) is 14.9 Å². The van der Waals surface area contributed by atoms with E-state index in [1.807, 2.05) is 0 Å². The van der Waals surface area contributed by atoms with Crippen LogP contribution >= 0.6 is 0 Å². The van der Waals surface area contributed by atoms with Gasteiger partial charge in [0.2, 0.25) is 5.75 Å². The average Bonchev–Trinajstić information content (AvgIpc) is 2.20. The van der Waals surface area contributed by atoms with E-state index in [1.165, 1.54) is 6.92 Å². The fraction of sp³-hybridized carbons (Fsp3) is 0.300. The molecule has 0 saturated heterocycles. The fourth-order valence-electron chi connectivity index (χ4n) is 1.24. The number of benzene rings is 1. The van der Waals surface area contributed by atoms with Crippen molar-refractivity contribution in [1.82, 2.24) is 0 Å². The van der Waals surface area contributed by atoms with E-state index in [0.717, 1.165) is 12.1 Å². The van der Waals surface area contributed by atoms with E-state index >= 15 is 0 Å². The van der Waals surface area contributed by atoms with E-state index in [0.29, 0.717) is 0 Å². The summed E-state index contributed by atoms with van der Waals surface area (Å²) in [6.07, 6.45) is 0. The molecular weight excluding hydrogens is 217 g/mol. The molecule has 1 aromatic rings. The summed E-state index contributed by atoms with van der Waals surface area (Å²) in [5.41, 5.74) is -0.696. The van der Waals surface area contributed by atoms with Crippen molar-refractivity contribution in [1.29, 1.82) is 0 Å². The van der Waals surface area contributed by atoms with Crippen LogP contribution in [0.15, 0.2) is 12.1 Å². The maximum absolute atomic E-state index is 13.7. The van der Waals surface area contributed by atoms with Crippen LogP contribution in [0.3, 0.4) is 0 Å². The minimum atomic E-state index is -0.983. The Morgan fingerprint density at radius 2 is 2.19 bits per heavy atom. The number of rotatable bonds is 4. The van der Waals surface area contributed by atoms with Crippen molar-refractivity contribution in [3.8, 4) is 5.75 Å². The number of Topliss-reactive ketones (excluding diaryl/α,β-unsaturated/α-hetero) is 1. The second-order valence-electron chi connectivity index (χ2n) is 3.02. The first-order chi connectivity index (χ1) is 7.49. The number of nitro benzene ring substituents is 1. The van der Waals surface area contributed by atoms with Crippen molar-refractivity contribution in [2.45, 2.75) is 13.8 Å². The third kappa shape index (κ3) is 2.16. The molecule has 0 atom stereocenters. The number of carbonyl (C=O) groups excluding carboxylic acids is 1. The van der Waals surface area contributed by atoms with Gasteiger partial charge in [0.1, 0.15) is 0 Å². The lowest BCUT2D eigenvalue weighted by atomic mass is 10.1. The van der Waals surface area contributed by atoms with Crippen LogP contribution in [-0.2, 0) is 0 Å². The van der Waals surface area contributed by atoms with Gasteiger partial charge in [-0.1, -0.05) is 0 Å². The summed E-state index contributed by atoms with van der Waals surface area (Å²) in [5, 5.41) is 10.6. The minimum Gasteiger partial charge on any atom is -0.485 e. The molecule has 0 aliphatic rings. The standard InChI is InChI=1S/C10H10FNO4/c1-3-16-10-8(12(14)15)5-4-7(6(2)13)9(10)11/h4-5H,3H2,1-2H3. The Bertz CT molecular complexity index is 445. The molecule has 6 heteroatoms. The van der Waals surface area contributed by atoms with Crippen LogP contribution in [0.5, 0.6) is 5.75 Å². The van der Waals surface area contributed by atoms with Crippen molar-refractivity contribution in [2.75, 3.05) is 6.61 Å². The number of halogens is 1. The molecule has 86 valence electrons. The molecule has 0 aliphatic heterocycles. The van der Waals surface area contributed by atoms with E-state index in [1.54, 1.807) is 6.92 Å². The maximum atomic E-state index is 13.7. The molecule has 0 radical (unpaired) electrons. The third-order valence-electron chi connectivity index (χ3n) is 1.94. The monoisotopic (exact) mass is 227 g/mol. The first-order valence-corrected chi connectivity index (χ1v) is 4.59. The van der Waals surface area contributed by atoms with Crippen molar-refractivity contribution in [3.63, 3.8) is 0 Å². The Kier molecular flexibility index (Phi) is 3.55. The number of nitrogens with zero attached hydrogens (tertiary/aromatic N) is 1. The molecule has 0 spiro atoms.